The van der Waals surface area contributed by atoms with Gasteiger partial charge in [-0.1, -0.05) is 30.3 Å². The minimum Gasteiger partial charge on any atom is -0.493 e. The molecule has 166 valence electrons. The van der Waals surface area contributed by atoms with Gasteiger partial charge in [0.05, 0.1) is 12.5 Å². The van der Waals surface area contributed by atoms with Gasteiger partial charge < -0.3 is 14.4 Å². The van der Waals surface area contributed by atoms with Gasteiger partial charge in [-0.05, 0) is 61.9 Å². The molecule has 6 heteroatoms. The lowest BCUT2D eigenvalue weighted by Gasteiger charge is -2.47. The third-order valence-electron chi connectivity index (χ3n) is 6.38. The summed E-state index contributed by atoms with van der Waals surface area (Å²) < 4.78 is 11.1. The Kier molecular flexibility index (Phi) is 7.06. The fourth-order valence-corrected chi connectivity index (χ4v) is 4.85. The lowest BCUT2D eigenvalue weighted by molar-refractivity contribution is 0.00472. The number of piperidine rings is 2. The number of ketones is 1. The van der Waals surface area contributed by atoms with E-state index in [2.05, 4.69) is 0 Å². The maximum atomic E-state index is 13.2. The first-order valence-corrected chi connectivity index (χ1v) is 11.3. The maximum Gasteiger partial charge on any atom is 0.410 e. The predicted octanol–water partition coefficient (Wildman–Crippen LogP) is 5.13. The fourth-order valence-electron chi connectivity index (χ4n) is 4.85. The van der Waals surface area contributed by atoms with Gasteiger partial charge in [-0.2, -0.15) is 5.26 Å². The zero-order chi connectivity index (χ0) is 22.3. The molecule has 0 radical (unpaired) electrons. The second kappa shape index (κ2) is 10.3. The molecule has 2 aliphatic rings. The van der Waals surface area contributed by atoms with Crippen LogP contribution in [-0.4, -0.2) is 35.5 Å². The average molecular weight is 433 g/mol. The Balaban J connectivity index is 1.36. The van der Waals surface area contributed by atoms with E-state index in [0.29, 0.717) is 37.2 Å². The van der Waals surface area contributed by atoms with Crippen molar-refractivity contribution in [2.45, 2.75) is 57.2 Å². The summed E-state index contributed by atoms with van der Waals surface area (Å²) in [6.45, 7) is 0.604. The first-order valence-electron chi connectivity index (χ1n) is 11.3. The number of nitriles is 1. The van der Waals surface area contributed by atoms with Crippen LogP contribution < -0.4 is 4.74 Å². The van der Waals surface area contributed by atoms with Crippen molar-refractivity contribution in [2.75, 3.05) is 6.61 Å². The van der Waals surface area contributed by atoms with E-state index in [0.717, 1.165) is 24.8 Å². The Morgan fingerprint density at radius 2 is 1.69 bits per heavy atom. The van der Waals surface area contributed by atoms with E-state index in [-0.39, 0.29) is 36.5 Å². The van der Waals surface area contributed by atoms with Gasteiger partial charge in [0.15, 0.2) is 5.78 Å². The summed E-state index contributed by atoms with van der Waals surface area (Å²) in [6, 6.07) is 19.0. The van der Waals surface area contributed by atoms with Crippen LogP contribution in [0.4, 0.5) is 4.79 Å². The Labute approximate surface area is 188 Å². The van der Waals surface area contributed by atoms with Gasteiger partial charge in [-0.3, -0.25) is 4.79 Å². The van der Waals surface area contributed by atoms with Gasteiger partial charge in [0, 0.05) is 23.6 Å². The number of ether oxygens (including phenoxy) is 2. The molecule has 2 heterocycles. The number of benzene rings is 2. The molecule has 0 spiro atoms. The fraction of sp³-hybridized carbons (Fsp3) is 0.423. The highest BCUT2D eigenvalue weighted by Gasteiger charge is 2.43. The van der Waals surface area contributed by atoms with E-state index in [4.69, 9.17) is 14.7 Å². The van der Waals surface area contributed by atoms with Gasteiger partial charge in [0.1, 0.15) is 19.0 Å². The number of hydrogen-bond acceptors (Lipinski definition) is 5. The molecule has 4 rings (SSSR count). The topological polar surface area (TPSA) is 79.6 Å². The quantitative estimate of drug-likeness (QED) is 0.447. The number of carbonyl (C=O) groups is 2. The summed E-state index contributed by atoms with van der Waals surface area (Å²) in [5.74, 6) is 0.696. The van der Waals surface area contributed by atoms with Crippen molar-refractivity contribution in [1.29, 1.82) is 5.26 Å². The largest absolute Gasteiger partial charge is 0.493 e. The minimum atomic E-state index is -0.270. The van der Waals surface area contributed by atoms with E-state index in [9.17, 15) is 9.59 Å². The molecule has 2 fully saturated rings. The van der Waals surface area contributed by atoms with Crippen molar-refractivity contribution in [3.63, 3.8) is 0 Å². The Morgan fingerprint density at radius 3 is 2.34 bits per heavy atom. The molecule has 2 saturated heterocycles. The SMILES string of the molecule is N#CCCOc1ccc(C(=O)C2CC3CCCC(C2)N3C(=O)OCc2ccccc2)cc1. The molecule has 0 aromatic heterocycles. The Bertz CT molecular complexity index is 954. The van der Waals surface area contributed by atoms with Crippen molar-refractivity contribution in [3.8, 4) is 11.8 Å². The standard InChI is InChI=1S/C26H28N2O4/c27-14-5-15-31-24-12-10-20(11-13-24)25(29)21-16-22-8-4-9-23(17-21)28(22)26(30)32-18-19-6-2-1-3-7-19/h1-3,6-7,10-13,21-23H,4-5,8-9,15-18H2. The molecule has 2 unspecified atom stereocenters. The van der Waals surface area contributed by atoms with E-state index in [1.165, 1.54) is 0 Å². The van der Waals surface area contributed by atoms with Crippen LogP contribution in [0.2, 0.25) is 0 Å². The summed E-state index contributed by atoms with van der Waals surface area (Å²) in [5, 5.41) is 8.60. The summed E-state index contributed by atoms with van der Waals surface area (Å²) in [6.07, 6.45) is 4.31. The molecule has 6 nitrogen and oxygen atoms in total. The lowest BCUT2D eigenvalue weighted by atomic mass is 9.76. The number of fused-ring (bicyclic) bond motifs is 2. The molecule has 0 aliphatic carbocycles. The first-order chi connectivity index (χ1) is 15.7. The molecule has 2 aromatic carbocycles. The molecule has 2 bridgehead atoms. The van der Waals surface area contributed by atoms with Gasteiger partial charge in [-0.15, -0.1) is 0 Å². The summed E-state index contributed by atoms with van der Waals surface area (Å²) in [4.78, 5) is 27.9. The molecule has 0 N–H and O–H groups in total. The normalized spacial score (nSPS) is 22.0. The van der Waals surface area contributed by atoms with Gasteiger partial charge in [0.2, 0.25) is 0 Å². The van der Waals surface area contributed by atoms with Crippen LogP contribution in [0.15, 0.2) is 54.6 Å². The number of rotatable bonds is 7. The van der Waals surface area contributed by atoms with Crippen LogP contribution in [0.3, 0.4) is 0 Å². The predicted molar refractivity (Wildman–Crippen MR) is 119 cm³/mol. The molecule has 0 saturated carbocycles. The third kappa shape index (κ3) is 5.11. The van der Waals surface area contributed by atoms with Gasteiger partial charge >= 0.3 is 6.09 Å². The van der Waals surface area contributed by atoms with E-state index in [1.54, 1.807) is 24.3 Å². The van der Waals surface area contributed by atoms with Crippen LogP contribution >= 0.6 is 0 Å². The van der Waals surface area contributed by atoms with E-state index in [1.807, 2.05) is 41.3 Å². The lowest BCUT2D eigenvalue weighted by Crippen LogP contribution is -2.55. The third-order valence-corrected chi connectivity index (χ3v) is 6.38. The highest BCUT2D eigenvalue weighted by Crippen LogP contribution is 2.39. The molecule has 1 amide bonds. The van der Waals surface area contributed by atoms with Gasteiger partial charge in [-0.25, -0.2) is 4.79 Å². The number of hydrogen-bond donors (Lipinski definition) is 0. The van der Waals surface area contributed by atoms with E-state index >= 15 is 0 Å². The van der Waals surface area contributed by atoms with Crippen molar-refractivity contribution >= 4 is 11.9 Å². The van der Waals surface area contributed by atoms with Crippen LogP contribution in [0.5, 0.6) is 5.75 Å². The second-order valence-electron chi connectivity index (χ2n) is 8.50. The highest BCUT2D eigenvalue weighted by molar-refractivity contribution is 5.98. The number of Topliss-reactive ketones (excluding diaryl/α,β-unsaturated/α-hetero) is 1. The second-order valence-corrected chi connectivity index (χ2v) is 8.50. The smallest absolute Gasteiger partial charge is 0.410 e. The Hall–Kier alpha value is -3.33. The highest BCUT2D eigenvalue weighted by atomic mass is 16.6. The molecular formula is C26H28N2O4. The number of nitrogens with zero attached hydrogens (tertiary/aromatic N) is 2. The van der Waals surface area contributed by atoms with E-state index < -0.39 is 0 Å². The van der Waals surface area contributed by atoms with Gasteiger partial charge in [0.25, 0.3) is 0 Å². The zero-order valence-electron chi connectivity index (χ0n) is 18.1. The maximum absolute atomic E-state index is 13.2. The monoisotopic (exact) mass is 432 g/mol. The van der Waals surface area contributed by atoms with Crippen LogP contribution in [0.25, 0.3) is 0 Å². The van der Waals surface area contributed by atoms with Crippen molar-refractivity contribution in [3.05, 3.63) is 65.7 Å². The van der Waals surface area contributed by atoms with Crippen molar-refractivity contribution < 1.29 is 19.1 Å². The number of carbonyl (C=O) groups excluding carboxylic acids is 2. The minimum absolute atomic E-state index is 0.0494. The molecule has 2 aromatic rings. The Morgan fingerprint density at radius 1 is 1.00 bits per heavy atom. The summed E-state index contributed by atoms with van der Waals surface area (Å²) >= 11 is 0. The first kappa shape index (κ1) is 21.9. The van der Waals surface area contributed by atoms with Crippen molar-refractivity contribution in [2.24, 2.45) is 5.92 Å². The molecule has 2 aliphatic heterocycles. The summed E-state index contributed by atoms with van der Waals surface area (Å²) in [7, 11) is 0. The van der Waals surface area contributed by atoms with Crippen LogP contribution in [0.1, 0.15) is 54.4 Å². The van der Waals surface area contributed by atoms with Crippen LogP contribution in [0, 0.1) is 17.2 Å². The molecule has 32 heavy (non-hydrogen) atoms. The van der Waals surface area contributed by atoms with Crippen LogP contribution in [-0.2, 0) is 11.3 Å². The summed E-state index contributed by atoms with van der Waals surface area (Å²) in [5.41, 5.74) is 1.64. The molecule has 2 atom stereocenters. The molecular weight excluding hydrogens is 404 g/mol. The van der Waals surface area contributed by atoms with Crippen molar-refractivity contribution in [1.82, 2.24) is 4.90 Å². The zero-order valence-corrected chi connectivity index (χ0v) is 18.1. The average Bonchev–Trinajstić information content (AvgIpc) is 2.82. The number of amides is 1.